The van der Waals surface area contributed by atoms with Crippen molar-refractivity contribution < 1.29 is 13.7 Å². The van der Waals surface area contributed by atoms with Crippen molar-refractivity contribution in [2.24, 2.45) is 0 Å². The lowest BCUT2D eigenvalue weighted by atomic mass is 9.78. The van der Waals surface area contributed by atoms with E-state index in [9.17, 15) is 4.39 Å². The summed E-state index contributed by atoms with van der Waals surface area (Å²) in [6, 6.07) is 3.14. The highest BCUT2D eigenvalue weighted by Crippen LogP contribution is 2.36. The number of benzene rings is 1. The van der Waals surface area contributed by atoms with E-state index in [4.69, 9.17) is 9.31 Å². The molecule has 0 bridgehead atoms. The summed E-state index contributed by atoms with van der Waals surface area (Å²) in [7, 11) is -0.690. The van der Waals surface area contributed by atoms with Gasteiger partial charge in [0.05, 0.1) is 22.9 Å². The van der Waals surface area contributed by atoms with E-state index in [1.54, 1.807) is 12.3 Å². The maximum atomic E-state index is 14.1. The van der Waals surface area contributed by atoms with Gasteiger partial charge in [0.15, 0.2) is 0 Å². The zero-order chi connectivity index (χ0) is 13.8. The van der Waals surface area contributed by atoms with Crippen molar-refractivity contribution in [2.75, 3.05) is 0 Å². The van der Waals surface area contributed by atoms with Crippen molar-refractivity contribution in [1.29, 1.82) is 0 Å². The maximum absolute atomic E-state index is 14.1. The molecule has 3 rings (SSSR count). The van der Waals surface area contributed by atoms with Gasteiger partial charge in [0, 0.05) is 10.8 Å². The Labute approximate surface area is 111 Å². The summed E-state index contributed by atoms with van der Waals surface area (Å²) in [5, 5.41) is 7.47. The molecule has 4 nitrogen and oxygen atoms in total. The molecule has 100 valence electrons. The first-order valence-corrected chi connectivity index (χ1v) is 6.28. The van der Waals surface area contributed by atoms with Crippen LogP contribution in [0.4, 0.5) is 4.39 Å². The van der Waals surface area contributed by atoms with Gasteiger partial charge in [-0.15, -0.1) is 0 Å². The smallest absolute Gasteiger partial charge is 0.399 e. The molecular weight excluding hydrogens is 246 g/mol. The molecule has 1 N–H and O–H groups in total. The molecule has 0 aliphatic carbocycles. The largest absolute Gasteiger partial charge is 0.497 e. The Morgan fingerprint density at radius 3 is 2.42 bits per heavy atom. The minimum atomic E-state index is -0.690. The fourth-order valence-corrected chi connectivity index (χ4v) is 2.13. The van der Waals surface area contributed by atoms with Crippen LogP contribution in [-0.4, -0.2) is 28.5 Å². The SMILES string of the molecule is CC1(C)OB(c2cc3cn[nH]c3cc2F)OC1(C)C. The van der Waals surface area contributed by atoms with E-state index in [1.165, 1.54) is 6.07 Å². The van der Waals surface area contributed by atoms with Gasteiger partial charge < -0.3 is 9.31 Å². The van der Waals surface area contributed by atoms with Gasteiger partial charge in [-0.25, -0.2) is 4.39 Å². The summed E-state index contributed by atoms with van der Waals surface area (Å²) >= 11 is 0. The van der Waals surface area contributed by atoms with E-state index < -0.39 is 18.3 Å². The minimum Gasteiger partial charge on any atom is -0.399 e. The first-order chi connectivity index (χ1) is 8.80. The van der Waals surface area contributed by atoms with Crippen molar-refractivity contribution in [2.45, 2.75) is 38.9 Å². The lowest BCUT2D eigenvalue weighted by Crippen LogP contribution is -2.41. The number of fused-ring (bicyclic) bond motifs is 1. The van der Waals surface area contributed by atoms with Gasteiger partial charge in [-0.05, 0) is 39.8 Å². The van der Waals surface area contributed by atoms with Crippen molar-refractivity contribution in [1.82, 2.24) is 10.2 Å². The van der Waals surface area contributed by atoms with Gasteiger partial charge in [-0.2, -0.15) is 5.10 Å². The number of hydrogen-bond acceptors (Lipinski definition) is 3. The molecule has 0 atom stereocenters. The molecule has 19 heavy (non-hydrogen) atoms. The Kier molecular flexibility index (Phi) is 2.53. The third-order valence-corrected chi connectivity index (χ3v) is 4.06. The molecule has 1 fully saturated rings. The Hall–Kier alpha value is -1.40. The number of rotatable bonds is 1. The third-order valence-electron chi connectivity index (χ3n) is 4.06. The van der Waals surface area contributed by atoms with Crippen LogP contribution in [0.25, 0.3) is 10.9 Å². The van der Waals surface area contributed by atoms with Gasteiger partial charge in [0.1, 0.15) is 5.82 Å². The van der Waals surface area contributed by atoms with E-state index in [0.29, 0.717) is 11.0 Å². The summed E-state index contributed by atoms with van der Waals surface area (Å²) < 4.78 is 25.9. The van der Waals surface area contributed by atoms with Gasteiger partial charge in [-0.3, -0.25) is 5.10 Å². The summed E-state index contributed by atoms with van der Waals surface area (Å²) in [4.78, 5) is 0. The van der Waals surface area contributed by atoms with Crippen LogP contribution in [0.5, 0.6) is 0 Å². The number of nitrogens with one attached hydrogen (secondary N) is 1. The topological polar surface area (TPSA) is 47.1 Å². The first kappa shape index (κ1) is 12.6. The molecule has 0 saturated carbocycles. The monoisotopic (exact) mass is 262 g/mol. The average molecular weight is 262 g/mol. The number of aromatic nitrogens is 2. The molecule has 2 heterocycles. The molecule has 1 saturated heterocycles. The highest BCUT2D eigenvalue weighted by atomic mass is 19.1. The minimum absolute atomic E-state index is 0.352. The van der Waals surface area contributed by atoms with Crippen LogP contribution >= 0.6 is 0 Å². The molecule has 0 unspecified atom stereocenters. The molecule has 1 aromatic heterocycles. The summed E-state index contributed by atoms with van der Waals surface area (Å²) in [5.74, 6) is -0.352. The predicted octanol–water partition coefficient (Wildman–Crippen LogP) is 2.00. The molecule has 0 amide bonds. The van der Waals surface area contributed by atoms with Gasteiger partial charge >= 0.3 is 7.12 Å². The van der Waals surface area contributed by atoms with Crippen molar-refractivity contribution in [3.05, 3.63) is 24.1 Å². The fourth-order valence-electron chi connectivity index (χ4n) is 2.13. The standard InChI is InChI=1S/C13H16BFN2O2/c1-12(2)13(3,4)19-14(18-12)9-5-8-7-16-17-11(8)6-10(9)15/h5-7H,1-4H3,(H,16,17). The fraction of sp³-hybridized carbons (Fsp3) is 0.462. The zero-order valence-electron chi connectivity index (χ0n) is 11.5. The number of aromatic amines is 1. The molecule has 0 radical (unpaired) electrons. The molecule has 1 aliphatic heterocycles. The number of halogens is 1. The Bertz CT molecular complexity index is 623. The normalized spacial score (nSPS) is 21.2. The Balaban J connectivity index is 2.04. The van der Waals surface area contributed by atoms with Gasteiger partial charge in [-0.1, -0.05) is 0 Å². The van der Waals surface area contributed by atoms with E-state index in [1.807, 2.05) is 27.7 Å². The molecule has 0 spiro atoms. The maximum Gasteiger partial charge on any atom is 0.497 e. The van der Waals surface area contributed by atoms with Gasteiger partial charge in [0.25, 0.3) is 0 Å². The van der Waals surface area contributed by atoms with Crippen LogP contribution in [-0.2, 0) is 9.31 Å². The Morgan fingerprint density at radius 1 is 1.16 bits per heavy atom. The second kappa shape index (κ2) is 3.80. The number of nitrogens with zero attached hydrogens (tertiary/aromatic N) is 1. The van der Waals surface area contributed by atoms with E-state index >= 15 is 0 Å². The van der Waals surface area contributed by atoms with Crippen molar-refractivity contribution in [3.8, 4) is 0 Å². The second-order valence-electron chi connectivity index (χ2n) is 5.92. The van der Waals surface area contributed by atoms with Crippen LogP contribution in [0.15, 0.2) is 18.3 Å². The van der Waals surface area contributed by atoms with E-state index in [0.717, 1.165) is 5.39 Å². The van der Waals surface area contributed by atoms with Crippen LogP contribution in [0.1, 0.15) is 27.7 Å². The summed E-state index contributed by atoms with van der Waals surface area (Å²) in [6.45, 7) is 7.78. The zero-order valence-corrected chi connectivity index (χ0v) is 11.5. The molecule has 1 aliphatic rings. The molecule has 6 heteroatoms. The van der Waals surface area contributed by atoms with E-state index in [-0.39, 0.29) is 5.82 Å². The summed E-state index contributed by atoms with van der Waals surface area (Å²) in [5.41, 5.74) is 0.121. The van der Waals surface area contributed by atoms with Gasteiger partial charge in [0.2, 0.25) is 0 Å². The Morgan fingerprint density at radius 2 is 1.79 bits per heavy atom. The highest BCUT2D eigenvalue weighted by Gasteiger charge is 2.52. The first-order valence-electron chi connectivity index (χ1n) is 6.28. The van der Waals surface area contributed by atoms with Crippen LogP contribution < -0.4 is 5.46 Å². The average Bonchev–Trinajstić information content (AvgIpc) is 2.80. The molecule has 2 aromatic rings. The lowest BCUT2D eigenvalue weighted by Gasteiger charge is -2.32. The predicted molar refractivity (Wildman–Crippen MR) is 71.8 cm³/mol. The lowest BCUT2D eigenvalue weighted by molar-refractivity contribution is 0.00578. The molecule has 1 aromatic carbocycles. The van der Waals surface area contributed by atoms with Crippen LogP contribution in [0.3, 0.4) is 0 Å². The number of hydrogen-bond donors (Lipinski definition) is 1. The van der Waals surface area contributed by atoms with E-state index in [2.05, 4.69) is 10.2 Å². The second-order valence-corrected chi connectivity index (χ2v) is 5.92. The number of H-pyrrole nitrogens is 1. The summed E-state index contributed by atoms with van der Waals surface area (Å²) in [6.07, 6.45) is 1.66. The quantitative estimate of drug-likeness (QED) is 0.799. The van der Waals surface area contributed by atoms with Crippen LogP contribution in [0.2, 0.25) is 0 Å². The third kappa shape index (κ3) is 1.86. The molecular formula is C13H16BFN2O2. The van der Waals surface area contributed by atoms with Crippen molar-refractivity contribution >= 4 is 23.5 Å². The van der Waals surface area contributed by atoms with Crippen molar-refractivity contribution in [3.63, 3.8) is 0 Å². The highest BCUT2D eigenvalue weighted by molar-refractivity contribution is 6.62. The van der Waals surface area contributed by atoms with Crippen LogP contribution in [0, 0.1) is 5.82 Å².